The summed E-state index contributed by atoms with van der Waals surface area (Å²) in [6, 6.07) is 22.6. The van der Waals surface area contributed by atoms with Crippen molar-refractivity contribution < 1.29 is 22.7 Å². The SMILES string of the molecule is CC[C@@H](C(=O)NCC(C)C)N(Cc1ccccc1C)C(=O)CN(c1ccc(Oc2ccccc2)cc1)S(C)(=O)=O. The monoisotopic (exact) mass is 565 g/mol. The lowest BCUT2D eigenvalue weighted by atomic mass is 10.1. The van der Waals surface area contributed by atoms with Gasteiger partial charge in [0.1, 0.15) is 24.1 Å². The van der Waals surface area contributed by atoms with Crippen LogP contribution in [0.4, 0.5) is 5.69 Å². The van der Waals surface area contributed by atoms with Crippen LogP contribution < -0.4 is 14.4 Å². The fourth-order valence-corrected chi connectivity index (χ4v) is 5.08. The summed E-state index contributed by atoms with van der Waals surface area (Å²) in [6.07, 6.45) is 1.44. The van der Waals surface area contributed by atoms with Gasteiger partial charge in [-0.2, -0.15) is 0 Å². The number of para-hydroxylation sites is 1. The first-order valence-corrected chi connectivity index (χ1v) is 15.3. The van der Waals surface area contributed by atoms with Crippen LogP contribution in [-0.4, -0.2) is 50.5 Å². The molecule has 3 rings (SSSR count). The van der Waals surface area contributed by atoms with Crippen molar-refractivity contribution in [2.45, 2.75) is 46.7 Å². The number of sulfonamides is 1. The standard InChI is InChI=1S/C31H39N3O5S/c1-6-29(31(36)32-20-23(2)3)33(21-25-13-11-10-12-24(25)4)30(35)22-34(40(5,37)38)26-16-18-28(19-17-26)39-27-14-8-7-9-15-27/h7-19,23,29H,6,20-22H2,1-5H3,(H,32,36)/t29-/m0/s1. The van der Waals surface area contributed by atoms with Crippen molar-refractivity contribution in [2.24, 2.45) is 5.92 Å². The summed E-state index contributed by atoms with van der Waals surface area (Å²) in [4.78, 5) is 28.5. The number of nitrogens with one attached hydrogen (secondary N) is 1. The number of hydrogen-bond acceptors (Lipinski definition) is 5. The van der Waals surface area contributed by atoms with E-state index in [4.69, 9.17) is 4.74 Å². The Balaban J connectivity index is 1.89. The zero-order chi connectivity index (χ0) is 29.3. The van der Waals surface area contributed by atoms with Crippen molar-refractivity contribution in [1.82, 2.24) is 10.2 Å². The van der Waals surface area contributed by atoms with Crippen molar-refractivity contribution in [3.63, 3.8) is 0 Å². The molecule has 8 nitrogen and oxygen atoms in total. The minimum Gasteiger partial charge on any atom is -0.457 e. The van der Waals surface area contributed by atoms with Gasteiger partial charge in [-0.25, -0.2) is 8.42 Å². The Morgan fingerprint density at radius 1 is 0.900 bits per heavy atom. The van der Waals surface area contributed by atoms with E-state index in [9.17, 15) is 18.0 Å². The number of aryl methyl sites for hydroxylation is 1. The molecule has 1 N–H and O–H groups in total. The minimum atomic E-state index is -3.83. The van der Waals surface area contributed by atoms with Crippen molar-refractivity contribution in [3.05, 3.63) is 90.0 Å². The first-order chi connectivity index (χ1) is 19.0. The Morgan fingerprint density at radius 3 is 2.08 bits per heavy atom. The lowest BCUT2D eigenvalue weighted by Crippen LogP contribution is -2.52. The largest absolute Gasteiger partial charge is 0.457 e. The predicted molar refractivity (Wildman–Crippen MR) is 159 cm³/mol. The third-order valence-corrected chi connectivity index (χ3v) is 7.60. The number of amides is 2. The smallest absolute Gasteiger partial charge is 0.244 e. The van der Waals surface area contributed by atoms with Gasteiger partial charge in [-0.1, -0.05) is 63.2 Å². The lowest BCUT2D eigenvalue weighted by molar-refractivity contribution is -0.140. The molecule has 0 spiro atoms. The molecule has 40 heavy (non-hydrogen) atoms. The van der Waals surface area contributed by atoms with E-state index in [2.05, 4.69) is 5.32 Å². The van der Waals surface area contributed by atoms with E-state index in [1.165, 1.54) is 4.90 Å². The molecule has 0 saturated heterocycles. The topological polar surface area (TPSA) is 96.0 Å². The molecule has 0 aliphatic heterocycles. The van der Waals surface area contributed by atoms with Crippen LogP contribution in [0.1, 0.15) is 38.3 Å². The predicted octanol–water partition coefficient (Wildman–Crippen LogP) is 5.13. The number of hydrogen-bond donors (Lipinski definition) is 1. The maximum Gasteiger partial charge on any atom is 0.244 e. The molecule has 0 aromatic heterocycles. The van der Waals surface area contributed by atoms with Crippen LogP contribution in [0.2, 0.25) is 0 Å². The highest BCUT2D eigenvalue weighted by molar-refractivity contribution is 7.92. The van der Waals surface area contributed by atoms with Gasteiger partial charge in [0.2, 0.25) is 21.8 Å². The molecule has 0 bridgehead atoms. The number of carbonyl (C=O) groups is 2. The van der Waals surface area contributed by atoms with Crippen LogP contribution in [0, 0.1) is 12.8 Å². The number of nitrogens with zero attached hydrogens (tertiary/aromatic N) is 2. The Hall–Kier alpha value is -3.85. The highest BCUT2D eigenvalue weighted by Crippen LogP contribution is 2.26. The van der Waals surface area contributed by atoms with E-state index >= 15 is 0 Å². The first kappa shape index (κ1) is 30.7. The van der Waals surface area contributed by atoms with Gasteiger partial charge in [-0.05, 0) is 66.8 Å². The fourth-order valence-electron chi connectivity index (χ4n) is 4.23. The van der Waals surface area contributed by atoms with Gasteiger partial charge in [0.15, 0.2) is 0 Å². The third-order valence-electron chi connectivity index (χ3n) is 6.46. The number of benzene rings is 3. The van der Waals surface area contributed by atoms with Crippen LogP contribution in [-0.2, 0) is 26.2 Å². The van der Waals surface area contributed by atoms with Gasteiger partial charge in [0.25, 0.3) is 0 Å². The highest BCUT2D eigenvalue weighted by Gasteiger charge is 2.32. The van der Waals surface area contributed by atoms with Crippen molar-refractivity contribution >= 4 is 27.5 Å². The summed E-state index contributed by atoms with van der Waals surface area (Å²) in [6.45, 7) is 8.00. The Kier molecular flexibility index (Phi) is 10.7. The highest BCUT2D eigenvalue weighted by atomic mass is 32.2. The van der Waals surface area contributed by atoms with E-state index in [0.29, 0.717) is 30.2 Å². The van der Waals surface area contributed by atoms with Gasteiger partial charge >= 0.3 is 0 Å². The van der Waals surface area contributed by atoms with Crippen molar-refractivity contribution in [2.75, 3.05) is 23.7 Å². The fraction of sp³-hybridized carbons (Fsp3) is 0.355. The minimum absolute atomic E-state index is 0.181. The molecule has 2 amide bonds. The summed E-state index contributed by atoms with van der Waals surface area (Å²) in [5.74, 6) is 0.704. The van der Waals surface area contributed by atoms with Crippen LogP contribution in [0.25, 0.3) is 0 Å². The second-order valence-corrected chi connectivity index (χ2v) is 12.1. The van der Waals surface area contributed by atoms with E-state index in [1.807, 2.05) is 82.3 Å². The molecule has 3 aromatic carbocycles. The molecule has 3 aromatic rings. The van der Waals surface area contributed by atoms with Gasteiger partial charge in [-0.15, -0.1) is 0 Å². The third kappa shape index (κ3) is 8.58. The van der Waals surface area contributed by atoms with Gasteiger partial charge in [-0.3, -0.25) is 13.9 Å². The lowest BCUT2D eigenvalue weighted by Gasteiger charge is -2.33. The molecule has 0 aliphatic carbocycles. The van der Waals surface area contributed by atoms with Crippen molar-refractivity contribution in [3.8, 4) is 11.5 Å². The molecule has 214 valence electrons. The molecule has 0 fully saturated rings. The quantitative estimate of drug-likeness (QED) is 0.310. The van der Waals surface area contributed by atoms with E-state index < -0.39 is 28.5 Å². The van der Waals surface area contributed by atoms with Crippen molar-refractivity contribution in [1.29, 1.82) is 0 Å². The maximum atomic E-state index is 13.9. The number of carbonyl (C=O) groups excluding carboxylic acids is 2. The average molecular weight is 566 g/mol. The second kappa shape index (κ2) is 14.0. The number of anilines is 1. The molecule has 0 unspecified atom stereocenters. The van der Waals surface area contributed by atoms with Gasteiger partial charge in [0, 0.05) is 13.1 Å². The molecule has 0 saturated carbocycles. The normalized spacial score (nSPS) is 12.1. The molecule has 0 radical (unpaired) electrons. The van der Waals surface area contributed by atoms with Crippen LogP contribution in [0.5, 0.6) is 11.5 Å². The Morgan fingerprint density at radius 2 is 1.50 bits per heavy atom. The summed E-state index contributed by atoms with van der Waals surface area (Å²) < 4.78 is 32.6. The summed E-state index contributed by atoms with van der Waals surface area (Å²) in [5, 5.41) is 2.93. The molecule has 0 aliphatic rings. The average Bonchev–Trinajstić information content (AvgIpc) is 2.92. The Bertz CT molecular complexity index is 1380. The van der Waals surface area contributed by atoms with Gasteiger partial charge in [0.05, 0.1) is 11.9 Å². The molecular weight excluding hydrogens is 526 g/mol. The van der Waals surface area contributed by atoms with Crippen LogP contribution in [0.15, 0.2) is 78.9 Å². The maximum absolute atomic E-state index is 13.9. The molecular formula is C31H39N3O5S. The summed E-state index contributed by atoms with van der Waals surface area (Å²) in [5.41, 5.74) is 2.19. The van der Waals surface area contributed by atoms with E-state index in [0.717, 1.165) is 21.7 Å². The summed E-state index contributed by atoms with van der Waals surface area (Å²) in [7, 11) is -3.83. The second-order valence-electron chi connectivity index (χ2n) is 10.2. The Labute approximate surface area is 238 Å². The van der Waals surface area contributed by atoms with E-state index in [1.54, 1.807) is 24.3 Å². The van der Waals surface area contributed by atoms with Crippen LogP contribution in [0.3, 0.4) is 0 Å². The first-order valence-electron chi connectivity index (χ1n) is 13.4. The molecule has 1 atom stereocenters. The molecule has 0 heterocycles. The summed E-state index contributed by atoms with van der Waals surface area (Å²) >= 11 is 0. The zero-order valence-corrected chi connectivity index (χ0v) is 24.6. The van der Waals surface area contributed by atoms with E-state index in [-0.39, 0.29) is 18.4 Å². The number of rotatable bonds is 13. The van der Waals surface area contributed by atoms with Gasteiger partial charge < -0.3 is 15.0 Å². The zero-order valence-electron chi connectivity index (χ0n) is 23.8. The number of ether oxygens (including phenoxy) is 1. The van der Waals surface area contributed by atoms with Crippen LogP contribution >= 0.6 is 0 Å². The molecule has 9 heteroatoms.